The first-order chi connectivity index (χ1) is 8.31. The summed E-state index contributed by atoms with van der Waals surface area (Å²) in [6.45, 7) is 0.509. The lowest BCUT2D eigenvalue weighted by Crippen LogP contribution is -1.98. The van der Waals surface area contributed by atoms with Gasteiger partial charge in [-0.3, -0.25) is 4.98 Å². The SMILES string of the molecule is ClCc1cnccc1OCc1ccccc1Br. The zero-order valence-electron chi connectivity index (χ0n) is 9.07. The van der Waals surface area contributed by atoms with E-state index in [4.69, 9.17) is 16.3 Å². The Morgan fingerprint density at radius 1 is 1.18 bits per heavy atom. The summed E-state index contributed by atoms with van der Waals surface area (Å²) in [5.41, 5.74) is 2.01. The third-order valence-corrected chi connectivity index (χ3v) is 3.41. The van der Waals surface area contributed by atoms with E-state index in [0.29, 0.717) is 12.5 Å². The van der Waals surface area contributed by atoms with Gasteiger partial charge in [-0.1, -0.05) is 34.1 Å². The summed E-state index contributed by atoms with van der Waals surface area (Å²) < 4.78 is 6.78. The zero-order chi connectivity index (χ0) is 12.1. The molecule has 0 bridgehead atoms. The first-order valence-corrected chi connectivity index (χ1v) is 6.49. The summed E-state index contributed by atoms with van der Waals surface area (Å²) in [5, 5.41) is 0. The van der Waals surface area contributed by atoms with Crippen molar-refractivity contribution in [2.75, 3.05) is 0 Å². The minimum Gasteiger partial charge on any atom is -0.488 e. The molecule has 88 valence electrons. The van der Waals surface area contributed by atoms with Crippen LogP contribution in [-0.2, 0) is 12.5 Å². The highest BCUT2D eigenvalue weighted by Crippen LogP contribution is 2.22. The minimum atomic E-state index is 0.402. The van der Waals surface area contributed by atoms with Crippen molar-refractivity contribution in [2.45, 2.75) is 12.5 Å². The molecule has 2 aromatic rings. The van der Waals surface area contributed by atoms with Gasteiger partial charge in [-0.15, -0.1) is 11.6 Å². The number of halogens is 2. The van der Waals surface area contributed by atoms with Crippen LogP contribution in [0.1, 0.15) is 11.1 Å². The Hall–Kier alpha value is -1.06. The van der Waals surface area contributed by atoms with Gasteiger partial charge in [0.15, 0.2) is 0 Å². The van der Waals surface area contributed by atoms with E-state index in [9.17, 15) is 0 Å². The van der Waals surface area contributed by atoms with Gasteiger partial charge in [0.25, 0.3) is 0 Å². The van der Waals surface area contributed by atoms with E-state index < -0.39 is 0 Å². The largest absolute Gasteiger partial charge is 0.488 e. The Balaban J connectivity index is 2.10. The van der Waals surface area contributed by atoms with Gasteiger partial charge >= 0.3 is 0 Å². The van der Waals surface area contributed by atoms with Crippen molar-refractivity contribution in [2.24, 2.45) is 0 Å². The van der Waals surface area contributed by atoms with Crippen molar-refractivity contribution >= 4 is 27.5 Å². The second-order valence-corrected chi connectivity index (χ2v) is 4.62. The number of benzene rings is 1. The molecule has 0 saturated heterocycles. The maximum atomic E-state index is 5.82. The maximum absolute atomic E-state index is 5.82. The molecule has 0 unspecified atom stereocenters. The molecular formula is C13H11BrClNO. The Labute approximate surface area is 114 Å². The lowest BCUT2D eigenvalue weighted by atomic mass is 10.2. The molecule has 0 N–H and O–H groups in total. The van der Waals surface area contributed by atoms with Crippen LogP contribution in [0.15, 0.2) is 47.2 Å². The molecule has 0 aliphatic carbocycles. The first-order valence-electron chi connectivity index (χ1n) is 5.16. The van der Waals surface area contributed by atoms with Crippen molar-refractivity contribution in [3.63, 3.8) is 0 Å². The lowest BCUT2D eigenvalue weighted by molar-refractivity contribution is 0.302. The topological polar surface area (TPSA) is 22.1 Å². The Morgan fingerprint density at radius 3 is 2.76 bits per heavy atom. The van der Waals surface area contributed by atoms with Crippen LogP contribution in [0.25, 0.3) is 0 Å². The van der Waals surface area contributed by atoms with E-state index in [1.54, 1.807) is 12.4 Å². The molecule has 0 atom stereocenters. The number of aromatic nitrogens is 1. The summed E-state index contributed by atoms with van der Waals surface area (Å²) in [7, 11) is 0. The highest BCUT2D eigenvalue weighted by atomic mass is 79.9. The van der Waals surface area contributed by atoms with Gasteiger partial charge in [0.2, 0.25) is 0 Å². The predicted octanol–water partition coefficient (Wildman–Crippen LogP) is 4.16. The van der Waals surface area contributed by atoms with Crippen LogP contribution >= 0.6 is 27.5 Å². The highest BCUT2D eigenvalue weighted by Gasteiger charge is 2.04. The number of alkyl halides is 1. The predicted molar refractivity (Wildman–Crippen MR) is 72.3 cm³/mol. The molecule has 2 rings (SSSR count). The van der Waals surface area contributed by atoms with Crippen LogP contribution in [0.4, 0.5) is 0 Å². The van der Waals surface area contributed by atoms with Crippen molar-refractivity contribution in [1.82, 2.24) is 4.98 Å². The first kappa shape index (κ1) is 12.4. The molecule has 0 radical (unpaired) electrons. The van der Waals surface area contributed by atoms with Gasteiger partial charge in [0, 0.05) is 28.0 Å². The van der Waals surface area contributed by atoms with E-state index in [1.165, 1.54) is 0 Å². The molecule has 0 saturated carbocycles. The van der Waals surface area contributed by atoms with Crippen LogP contribution < -0.4 is 4.74 Å². The van der Waals surface area contributed by atoms with Crippen molar-refractivity contribution in [1.29, 1.82) is 0 Å². The normalized spacial score (nSPS) is 10.2. The van der Waals surface area contributed by atoms with Crippen LogP contribution in [0, 0.1) is 0 Å². The quantitative estimate of drug-likeness (QED) is 0.791. The Kier molecular flexibility index (Phi) is 4.40. The molecule has 4 heteroatoms. The average Bonchev–Trinajstić information content (AvgIpc) is 2.38. The second-order valence-electron chi connectivity index (χ2n) is 3.50. The number of hydrogen-bond donors (Lipinski definition) is 0. The highest BCUT2D eigenvalue weighted by molar-refractivity contribution is 9.10. The monoisotopic (exact) mass is 311 g/mol. The molecule has 1 heterocycles. The third-order valence-electron chi connectivity index (χ3n) is 2.34. The Bertz CT molecular complexity index is 504. The molecule has 17 heavy (non-hydrogen) atoms. The maximum Gasteiger partial charge on any atom is 0.127 e. The van der Waals surface area contributed by atoms with Crippen LogP contribution in [0.3, 0.4) is 0 Å². The molecule has 1 aromatic carbocycles. The number of nitrogens with zero attached hydrogens (tertiary/aromatic N) is 1. The van der Waals surface area contributed by atoms with Crippen LogP contribution in [-0.4, -0.2) is 4.98 Å². The van der Waals surface area contributed by atoms with E-state index in [0.717, 1.165) is 21.3 Å². The number of ether oxygens (including phenoxy) is 1. The van der Waals surface area contributed by atoms with Gasteiger partial charge in [0.1, 0.15) is 12.4 Å². The third kappa shape index (κ3) is 3.20. The number of rotatable bonds is 4. The summed E-state index contributed by atoms with van der Waals surface area (Å²) in [6, 6.07) is 9.80. The Morgan fingerprint density at radius 2 is 2.00 bits per heavy atom. The van der Waals surface area contributed by atoms with Crippen molar-refractivity contribution in [3.05, 3.63) is 58.3 Å². The standard InChI is InChI=1S/C13H11BrClNO/c14-12-4-2-1-3-10(12)9-17-13-5-6-16-8-11(13)7-15/h1-6,8H,7,9H2. The van der Waals surface area contributed by atoms with E-state index in [-0.39, 0.29) is 0 Å². The van der Waals surface area contributed by atoms with Gasteiger partial charge < -0.3 is 4.74 Å². The smallest absolute Gasteiger partial charge is 0.127 e. The van der Waals surface area contributed by atoms with Crippen molar-refractivity contribution in [3.8, 4) is 5.75 Å². The lowest BCUT2D eigenvalue weighted by Gasteiger charge is -2.10. The van der Waals surface area contributed by atoms with Gasteiger partial charge in [-0.25, -0.2) is 0 Å². The summed E-state index contributed by atoms with van der Waals surface area (Å²) in [4.78, 5) is 4.02. The molecule has 0 amide bonds. The van der Waals surface area contributed by atoms with Crippen LogP contribution in [0.2, 0.25) is 0 Å². The molecule has 0 spiro atoms. The van der Waals surface area contributed by atoms with Gasteiger partial charge in [-0.2, -0.15) is 0 Å². The zero-order valence-corrected chi connectivity index (χ0v) is 11.4. The molecule has 0 aliphatic heterocycles. The van der Waals surface area contributed by atoms with E-state index >= 15 is 0 Å². The number of pyridine rings is 1. The molecule has 0 aliphatic rings. The van der Waals surface area contributed by atoms with Gasteiger partial charge in [0.05, 0.1) is 5.88 Å². The van der Waals surface area contributed by atoms with E-state index in [2.05, 4.69) is 20.9 Å². The molecule has 1 aromatic heterocycles. The van der Waals surface area contributed by atoms with Crippen LogP contribution in [0.5, 0.6) is 5.75 Å². The molecule has 2 nitrogen and oxygen atoms in total. The summed E-state index contributed by atoms with van der Waals surface area (Å²) in [5.74, 6) is 1.19. The fourth-order valence-corrected chi connectivity index (χ4v) is 2.03. The fraction of sp³-hybridized carbons (Fsp3) is 0.154. The average molecular weight is 313 g/mol. The van der Waals surface area contributed by atoms with E-state index in [1.807, 2.05) is 30.3 Å². The van der Waals surface area contributed by atoms with Crippen molar-refractivity contribution < 1.29 is 4.74 Å². The summed E-state index contributed by atoms with van der Waals surface area (Å²) in [6.07, 6.45) is 3.42. The second kappa shape index (κ2) is 6.03. The number of hydrogen-bond acceptors (Lipinski definition) is 2. The molecule has 0 fully saturated rings. The summed E-state index contributed by atoms with van der Waals surface area (Å²) >= 11 is 9.30. The molecular weight excluding hydrogens is 302 g/mol. The minimum absolute atomic E-state index is 0.402. The fourth-order valence-electron chi connectivity index (χ4n) is 1.43. The van der Waals surface area contributed by atoms with Gasteiger partial charge in [-0.05, 0) is 12.1 Å².